The Hall–Kier alpha value is -2.97. The highest BCUT2D eigenvalue weighted by Crippen LogP contribution is 2.57. The maximum Gasteiger partial charge on any atom is 0.255 e. The number of hydrogen-bond donors (Lipinski definition) is 1. The maximum absolute atomic E-state index is 13.7. The molecular weight excluding hydrogens is 385 g/mol. The number of nitrogens with one attached hydrogen (secondary N) is 1. The van der Waals surface area contributed by atoms with Crippen LogP contribution in [0.15, 0.2) is 30.6 Å². The third-order valence-corrected chi connectivity index (χ3v) is 5.16. The van der Waals surface area contributed by atoms with E-state index in [2.05, 4.69) is 15.3 Å². The third-order valence-electron chi connectivity index (χ3n) is 5.16. The van der Waals surface area contributed by atoms with Gasteiger partial charge in [-0.2, -0.15) is 0 Å². The van der Waals surface area contributed by atoms with Crippen molar-refractivity contribution in [3.8, 4) is 0 Å². The van der Waals surface area contributed by atoms with Crippen molar-refractivity contribution in [2.24, 2.45) is 0 Å². The molecule has 1 aromatic carbocycles. The summed E-state index contributed by atoms with van der Waals surface area (Å²) in [5.74, 6) is -5.22. The van der Waals surface area contributed by atoms with E-state index in [-0.39, 0.29) is 24.5 Å². The van der Waals surface area contributed by atoms with Crippen LogP contribution in [0, 0.1) is 5.82 Å². The Balaban J connectivity index is 1.48. The van der Waals surface area contributed by atoms with Gasteiger partial charge < -0.3 is 4.90 Å². The largest absolute Gasteiger partial charge is 0.332 e. The molecule has 0 radical (unpaired) electrons. The summed E-state index contributed by atoms with van der Waals surface area (Å²) < 4.78 is 40.3. The Morgan fingerprint density at radius 1 is 1.24 bits per heavy atom. The lowest BCUT2D eigenvalue weighted by Gasteiger charge is -2.19. The van der Waals surface area contributed by atoms with E-state index in [0.29, 0.717) is 11.5 Å². The van der Waals surface area contributed by atoms with Gasteiger partial charge in [0.1, 0.15) is 0 Å². The average Bonchev–Trinajstić information content (AvgIpc) is 3.59. The molecule has 2 aliphatic carbocycles. The number of anilines is 1. The molecule has 1 aromatic heterocycles. The fraction of sp³-hybridized carbons (Fsp3) is 0.400. The highest BCUT2D eigenvalue weighted by Gasteiger charge is 2.58. The highest BCUT2D eigenvalue weighted by molar-refractivity contribution is 6.00. The van der Waals surface area contributed by atoms with Gasteiger partial charge in [0.25, 0.3) is 11.8 Å². The van der Waals surface area contributed by atoms with Gasteiger partial charge in [-0.05, 0) is 36.0 Å². The number of carbonyl (C=O) groups excluding carboxylic acids is 2. The number of hydrogen-bond acceptors (Lipinski definition) is 4. The Morgan fingerprint density at radius 2 is 1.90 bits per heavy atom. The van der Waals surface area contributed by atoms with Crippen LogP contribution >= 0.6 is 0 Å². The minimum atomic E-state index is -2.80. The van der Waals surface area contributed by atoms with Crippen molar-refractivity contribution < 1.29 is 22.8 Å². The van der Waals surface area contributed by atoms with Crippen molar-refractivity contribution in [1.29, 1.82) is 0 Å². The molecule has 1 unspecified atom stereocenters. The van der Waals surface area contributed by atoms with Crippen molar-refractivity contribution in [1.82, 2.24) is 14.9 Å². The lowest BCUT2D eigenvalue weighted by Crippen LogP contribution is -2.35. The van der Waals surface area contributed by atoms with Gasteiger partial charge in [0, 0.05) is 19.0 Å². The Kier molecular flexibility index (Phi) is 4.76. The summed E-state index contributed by atoms with van der Waals surface area (Å²) in [4.78, 5) is 33.4. The van der Waals surface area contributed by atoms with E-state index < -0.39 is 29.5 Å². The van der Waals surface area contributed by atoms with E-state index in [1.165, 1.54) is 7.05 Å². The van der Waals surface area contributed by atoms with Crippen LogP contribution in [0.5, 0.6) is 0 Å². The molecule has 0 saturated heterocycles. The smallest absolute Gasteiger partial charge is 0.255 e. The molecule has 0 aliphatic heterocycles. The molecular formula is C20H19F3N4O2. The van der Waals surface area contributed by atoms with Gasteiger partial charge >= 0.3 is 0 Å². The molecule has 1 atom stereocenters. The molecule has 0 bridgehead atoms. The number of nitrogens with zero attached hydrogens (tertiary/aromatic N) is 3. The number of carbonyl (C=O) groups is 2. The lowest BCUT2D eigenvalue weighted by atomic mass is 9.97. The summed E-state index contributed by atoms with van der Waals surface area (Å²) in [6.07, 6.45) is 3.59. The minimum Gasteiger partial charge on any atom is -0.332 e. The summed E-state index contributed by atoms with van der Waals surface area (Å²) in [5.41, 5.74) is 1.51. The van der Waals surface area contributed by atoms with Crippen molar-refractivity contribution >= 4 is 17.8 Å². The molecule has 6 nitrogen and oxygen atoms in total. The number of alkyl halides is 2. The second-order valence-electron chi connectivity index (χ2n) is 7.57. The first-order valence-electron chi connectivity index (χ1n) is 9.29. The van der Waals surface area contributed by atoms with Crippen LogP contribution in [0.2, 0.25) is 0 Å². The molecule has 2 amide bonds. The quantitative estimate of drug-likeness (QED) is 0.802. The highest BCUT2D eigenvalue weighted by atomic mass is 19.3. The first-order chi connectivity index (χ1) is 13.7. The topological polar surface area (TPSA) is 75.2 Å². The first-order valence-corrected chi connectivity index (χ1v) is 9.29. The second-order valence-corrected chi connectivity index (χ2v) is 7.57. The Bertz CT molecular complexity index is 961. The predicted molar refractivity (Wildman–Crippen MR) is 98.3 cm³/mol. The fourth-order valence-corrected chi connectivity index (χ4v) is 3.32. The molecule has 0 spiro atoms. The maximum atomic E-state index is 13.7. The summed E-state index contributed by atoms with van der Waals surface area (Å²) in [6.45, 7) is -0.329. The molecule has 9 heteroatoms. The van der Waals surface area contributed by atoms with Gasteiger partial charge in [0.2, 0.25) is 11.9 Å². The van der Waals surface area contributed by atoms with E-state index in [4.69, 9.17) is 0 Å². The molecule has 2 aromatic rings. The molecule has 2 saturated carbocycles. The van der Waals surface area contributed by atoms with Gasteiger partial charge in [-0.1, -0.05) is 12.1 Å². The number of benzene rings is 1. The number of rotatable bonds is 6. The van der Waals surface area contributed by atoms with Gasteiger partial charge in [0.15, 0.2) is 5.82 Å². The standard InChI is InChI=1S/C20H19F3N4O2/c1-27(10-17(28)26-19-24-8-13(21)9-25-19)18(29)14-5-4-12(11-2-3-11)6-15(14)16-7-20(16,22)23/h4-6,8-9,11,16H,2-3,7,10H2,1H3,(H,24,25,26,28). The number of halogens is 3. The molecule has 4 rings (SSSR count). The zero-order valence-corrected chi connectivity index (χ0v) is 15.7. The number of aromatic nitrogens is 2. The molecule has 2 fully saturated rings. The van der Waals surface area contributed by atoms with E-state index in [9.17, 15) is 22.8 Å². The number of likely N-dealkylation sites (N-methyl/N-ethyl adjacent to an activating group) is 1. The van der Waals surface area contributed by atoms with Crippen molar-refractivity contribution in [2.75, 3.05) is 18.9 Å². The summed E-state index contributed by atoms with van der Waals surface area (Å²) in [5, 5.41) is 2.36. The van der Waals surface area contributed by atoms with Gasteiger partial charge in [-0.15, -0.1) is 0 Å². The molecule has 1 heterocycles. The first kappa shape index (κ1) is 19.4. The zero-order valence-electron chi connectivity index (χ0n) is 15.7. The third kappa shape index (κ3) is 4.23. The molecule has 152 valence electrons. The predicted octanol–water partition coefficient (Wildman–Crippen LogP) is 3.33. The molecule has 1 N–H and O–H groups in total. The van der Waals surface area contributed by atoms with Crippen LogP contribution in [0.1, 0.15) is 52.6 Å². The number of amides is 2. The van der Waals surface area contributed by atoms with Crippen molar-refractivity contribution in [3.05, 3.63) is 53.1 Å². The van der Waals surface area contributed by atoms with E-state index in [1.54, 1.807) is 18.2 Å². The van der Waals surface area contributed by atoms with E-state index >= 15 is 0 Å². The Morgan fingerprint density at radius 3 is 2.48 bits per heavy atom. The molecule has 2 aliphatic rings. The SMILES string of the molecule is CN(CC(=O)Nc1ncc(F)cn1)C(=O)c1ccc(C2CC2)cc1C1CC1(F)F. The van der Waals surface area contributed by atoms with Gasteiger partial charge in [-0.25, -0.2) is 23.1 Å². The van der Waals surface area contributed by atoms with Crippen LogP contribution in [-0.4, -0.2) is 46.2 Å². The van der Waals surface area contributed by atoms with Crippen LogP contribution < -0.4 is 5.32 Å². The molecule has 29 heavy (non-hydrogen) atoms. The zero-order chi connectivity index (χ0) is 20.8. The fourth-order valence-electron chi connectivity index (χ4n) is 3.32. The van der Waals surface area contributed by atoms with Gasteiger partial charge in [0.05, 0.1) is 24.9 Å². The van der Waals surface area contributed by atoms with Crippen molar-refractivity contribution in [2.45, 2.75) is 37.0 Å². The van der Waals surface area contributed by atoms with Gasteiger partial charge in [-0.3, -0.25) is 14.9 Å². The monoisotopic (exact) mass is 404 g/mol. The van der Waals surface area contributed by atoms with Crippen LogP contribution in [0.3, 0.4) is 0 Å². The second kappa shape index (κ2) is 7.13. The van der Waals surface area contributed by atoms with Crippen LogP contribution in [0.25, 0.3) is 0 Å². The lowest BCUT2D eigenvalue weighted by molar-refractivity contribution is -0.116. The van der Waals surface area contributed by atoms with Crippen molar-refractivity contribution in [3.63, 3.8) is 0 Å². The van der Waals surface area contributed by atoms with Crippen LogP contribution in [0.4, 0.5) is 19.1 Å². The van der Waals surface area contributed by atoms with E-state index in [1.807, 2.05) is 0 Å². The Labute approximate surface area is 165 Å². The summed E-state index contributed by atoms with van der Waals surface area (Å²) >= 11 is 0. The average molecular weight is 404 g/mol. The van der Waals surface area contributed by atoms with Crippen LogP contribution in [-0.2, 0) is 4.79 Å². The summed E-state index contributed by atoms with van der Waals surface area (Å²) in [6, 6.07) is 5.10. The summed E-state index contributed by atoms with van der Waals surface area (Å²) in [7, 11) is 1.41. The van der Waals surface area contributed by atoms with E-state index in [0.717, 1.165) is 35.7 Å². The normalized spacial score (nSPS) is 19.5. The minimum absolute atomic E-state index is 0.0932.